The molecule has 4 rings (SSSR count). The van der Waals surface area contributed by atoms with Gasteiger partial charge in [0.2, 0.25) is 12.6 Å². The fourth-order valence-electron chi connectivity index (χ4n) is 2.85. The molecule has 2 heterocycles. The predicted octanol–water partition coefficient (Wildman–Crippen LogP) is 3.36. The van der Waals surface area contributed by atoms with Gasteiger partial charge < -0.3 is 23.7 Å². The molecule has 2 aromatic rings. The molecule has 0 saturated carbocycles. The zero-order chi connectivity index (χ0) is 19.7. The Kier molecular flexibility index (Phi) is 4.65. The number of ketones is 1. The summed E-state index contributed by atoms with van der Waals surface area (Å²) in [6, 6.07) is 10.2. The SMILES string of the molecule is CC(C)OC(=O)COc1ccc2c(c1)OC(=Cc1ccc3c(c1)OCO3)C2=O. The van der Waals surface area contributed by atoms with Crippen LogP contribution in [-0.4, -0.2) is 31.3 Å². The first kappa shape index (κ1) is 17.9. The summed E-state index contributed by atoms with van der Waals surface area (Å²) in [5.74, 6) is 1.60. The van der Waals surface area contributed by atoms with Crippen LogP contribution in [-0.2, 0) is 9.53 Å². The number of benzene rings is 2. The summed E-state index contributed by atoms with van der Waals surface area (Å²) in [4.78, 5) is 24.2. The van der Waals surface area contributed by atoms with Gasteiger partial charge in [-0.05, 0) is 49.8 Å². The Morgan fingerprint density at radius 1 is 1.11 bits per heavy atom. The zero-order valence-corrected chi connectivity index (χ0v) is 15.4. The summed E-state index contributed by atoms with van der Waals surface area (Å²) in [7, 11) is 0. The molecule has 2 aliphatic heterocycles. The van der Waals surface area contributed by atoms with Crippen molar-refractivity contribution in [1.29, 1.82) is 0 Å². The fourth-order valence-corrected chi connectivity index (χ4v) is 2.85. The highest BCUT2D eigenvalue weighted by atomic mass is 16.7. The number of carbonyl (C=O) groups is 2. The molecule has 28 heavy (non-hydrogen) atoms. The molecular formula is C21H18O7. The molecule has 144 valence electrons. The van der Waals surface area contributed by atoms with E-state index < -0.39 is 5.97 Å². The van der Waals surface area contributed by atoms with Crippen molar-refractivity contribution in [2.45, 2.75) is 20.0 Å². The quantitative estimate of drug-likeness (QED) is 0.579. The molecule has 0 aromatic heterocycles. The monoisotopic (exact) mass is 382 g/mol. The van der Waals surface area contributed by atoms with Crippen LogP contribution in [0.1, 0.15) is 29.8 Å². The van der Waals surface area contributed by atoms with Gasteiger partial charge in [-0.2, -0.15) is 0 Å². The lowest BCUT2D eigenvalue weighted by atomic mass is 10.1. The second-order valence-corrected chi connectivity index (χ2v) is 6.54. The van der Waals surface area contributed by atoms with Gasteiger partial charge in [0.05, 0.1) is 11.7 Å². The van der Waals surface area contributed by atoms with Crippen molar-refractivity contribution in [2.75, 3.05) is 13.4 Å². The second kappa shape index (κ2) is 7.26. The standard InChI is InChI=1S/C21H18O7/c1-12(2)27-20(22)10-24-14-4-5-15-17(9-14)28-19(21(15)23)8-13-3-6-16-18(7-13)26-11-25-16/h3-9,12H,10-11H2,1-2H3. The summed E-state index contributed by atoms with van der Waals surface area (Å²) in [5.41, 5.74) is 1.19. The molecule has 0 saturated heterocycles. The molecule has 0 aliphatic carbocycles. The van der Waals surface area contributed by atoms with Gasteiger partial charge >= 0.3 is 5.97 Å². The zero-order valence-electron chi connectivity index (χ0n) is 15.4. The lowest BCUT2D eigenvalue weighted by molar-refractivity contribution is -0.149. The van der Waals surface area contributed by atoms with Crippen molar-refractivity contribution in [3.05, 3.63) is 53.3 Å². The van der Waals surface area contributed by atoms with Crippen LogP contribution in [0.3, 0.4) is 0 Å². The predicted molar refractivity (Wildman–Crippen MR) is 98.7 cm³/mol. The van der Waals surface area contributed by atoms with E-state index in [4.69, 9.17) is 23.7 Å². The molecule has 0 fully saturated rings. The molecule has 0 spiro atoms. The van der Waals surface area contributed by atoms with E-state index in [0.29, 0.717) is 28.6 Å². The van der Waals surface area contributed by atoms with Crippen molar-refractivity contribution >= 4 is 17.8 Å². The van der Waals surface area contributed by atoms with Gasteiger partial charge in [-0.3, -0.25) is 4.79 Å². The summed E-state index contributed by atoms with van der Waals surface area (Å²) in [5, 5.41) is 0. The molecule has 0 radical (unpaired) electrons. The van der Waals surface area contributed by atoms with E-state index in [1.165, 1.54) is 0 Å². The number of allylic oxidation sites excluding steroid dienone is 1. The average Bonchev–Trinajstić information content (AvgIpc) is 3.24. The van der Waals surface area contributed by atoms with Gasteiger partial charge in [-0.25, -0.2) is 4.79 Å². The topological polar surface area (TPSA) is 80.3 Å². The normalized spacial score (nSPS) is 15.5. The first-order valence-electron chi connectivity index (χ1n) is 8.80. The summed E-state index contributed by atoms with van der Waals surface area (Å²) in [6.07, 6.45) is 1.44. The van der Waals surface area contributed by atoms with Gasteiger partial charge in [0.25, 0.3) is 0 Å². The number of carbonyl (C=O) groups excluding carboxylic acids is 2. The molecule has 0 N–H and O–H groups in total. The van der Waals surface area contributed by atoms with Crippen LogP contribution in [0.4, 0.5) is 0 Å². The summed E-state index contributed by atoms with van der Waals surface area (Å²) < 4.78 is 26.8. The van der Waals surface area contributed by atoms with Crippen LogP contribution in [0.5, 0.6) is 23.0 Å². The Morgan fingerprint density at radius 3 is 2.75 bits per heavy atom. The largest absolute Gasteiger partial charge is 0.482 e. The molecule has 2 aliphatic rings. The highest BCUT2D eigenvalue weighted by Gasteiger charge is 2.28. The third-order valence-corrected chi connectivity index (χ3v) is 4.06. The van der Waals surface area contributed by atoms with Gasteiger partial charge in [-0.1, -0.05) is 6.07 Å². The maximum Gasteiger partial charge on any atom is 0.344 e. The first-order valence-corrected chi connectivity index (χ1v) is 8.80. The van der Waals surface area contributed by atoms with E-state index in [1.807, 2.05) is 6.07 Å². The molecule has 0 amide bonds. The number of hydrogen-bond donors (Lipinski definition) is 0. The van der Waals surface area contributed by atoms with E-state index in [-0.39, 0.29) is 31.0 Å². The summed E-state index contributed by atoms with van der Waals surface area (Å²) in [6.45, 7) is 3.50. The fraction of sp³-hybridized carbons (Fsp3) is 0.238. The van der Waals surface area contributed by atoms with Gasteiger partial charge in [0, 0.05) is 6.07 Å². The number of ether oxygens (including phenoxy) is 5. The third kappa shape index (κ3) is 3.64. The van der Waals surface area contributed by atoms with Crippen LogP contribution in [0.15, 0.2) is 42.2 Å². The number of rotatable bonds is 5. The molecule has 2 aromatic carbocycles. The van der Waals surface area contributed by atoms with Crippen LogP contribution in [0.2, 0.25) is 0 Å². The van der Waals surface area contributed by atoms with E-state index in [9.17, 15) is 9.59 Å². The highest BCUT2D eigenvalue weighted by molar-refractivity contribution is 6.14. The maximum atomic E-state index is 12.6. The maximum absolute atomic E-state index is 12.6. The molecule has 7 nitrogen and oxygen atoms in total. The Bertz CT molecular complexity index is 975. The Morgan fingerprint density at radius 2 is 1.93 bits per heavy atom. The van der Waals surface area contributed by atoms with Crippen molar-refractivity contribution < 1.29 is 33.3 Å². The van der Waals surface area contributed by atoms with E-state index >= 15 is 0 Å². The Labute approximate surface area is 161 Å². The second-order valence-electron chi connectivity index (χ2n) is 6.54. The average molecular weight is 382 g/mol. The first-order chi connectivity index (χ1) is 13.5. The van der Waals surface area contributed by atoms with Crippen molar-refractivity contribution in [2.24, 2.45) is 0 Å². The van der Waals surface area contributed by atoms with E-state index in [0.717, 1.165) is 5.56 Å². The minimum absolute atomic E-state index is 0.184. The molecule has 0 atom stereocenters. The molecule has 0 unspecified atom stereocenters. The number of Topliss-reactive ketones (excluding diaryl/α,β-unsaturated/α-hetero) is 1. The third-order valence-electron chi connectivity index (χ3n) is 4.06. The molecule has 7 heteroatoms. The van der Waals surface area contributed by atoms with E-state index in [2.05, 4.69) is 0 Å². The Balaban J connectivity index is 1.48. The lowest BCUT2D eigenvalue weighted by Crippen LogP contribution is -2.18. The number of fused-ring (bicyclic) bond motifs is 2. The smallest absolute Gasteiger partial charge is 0.344 e. The van der Waals surface area contributed by atoms with Crippen LogP contribution < -0.4 is 18.9 Å². The van der Waals surface area contributed by atoms with Gasteiger partial charge in [-0.15, -0.1) is 0 Å². The number of hydrogen-bond acceptors (Lipinski definition) is 7. The van der Waals surface area contributed by atoms with Crippen molar-refractivity contribution in [1.82, 2.24) is 0 Å². The van der Waals surface area contributed by atoms with Gasteiger partial charge in [0.1, 0.15) is 11.5 Å². The minimum Gasteiger partial charge on any atom is -0.482 e. The molecule has 0 bridgehead atoms. The Hall–Kier alpha value is -3.48. The molecular weight excluding hydrogens is 364 g/mol. The van der Waals surface area contributed by atoms with E-state index in [1.54, 1.807) is 50.3 Å². The van der Waals surface area contributed by atoms with Crippen LogP contribution >= 0.6 is 0 Å². The lowest BCUT2D eigenvalue weighted by Gasteiger charge is -2.09. The number of esters is 1. The van der Waals surface area contributed by atoms with Crippen LogP contribution in [0, 0.1) is 0 Å². The van der Waals surface area contributed by atoms with Crippen molar-refractivity contribution in [3.8, 4) is 23.0 Å². The van der Waals surface area contributed by atoms with Crippen molar-refractivity contribution in [3.63, 3.8) is 0 Å². The van der Waals surface area contributed by atoms with Crippen LogP contribution in [0.25, 0.3) is 6.08 Å². The van der Waals surface area contributed by atoms with Gasteiger partial charge in [0.15, 0.2) is 23.9 Å². The minimum atomic E-state index is -0.462. The highest BCUT2D eigenvalue weighted by Crippen LogP contribution is 2.37. The summed E-state index contributed by atoms with van der Waals surface area (Å²) >= 11 is 0.